The highest BCUT2D eigenvalue weighted by Gasteiger charge is 2.33. The van der Waals surface area contributed by atoms with Crippen LogP contribution in [0.2, 0.25) is 0 Å². The fourth-order valence-electron chi connectivity index (χ4n) is 3.78. The summed E-state index contributed by atoms with van der Waals surface area (Å²) in [7, 11) is -2.39. The summed E-state index contributed by atoms with van der Waals surface area (Å²) in [6, 6.07) is 17.5. The summed E-state index contributed by atoms with van der Waals surface area (Å²) in [4.78, 5) is 24.8. The SMILES string of the molecule is COc1ccccc1N(CCOC(=O)c1ccc([N+](=O)[O-])c(C)c1)C1=NS(=O)(=O)c2ccccc21. The number of amidine groups is 1. The van der Waals surface area contributed by atoms with Crippen molar-refractivity contribution in [1.82, 2.24) is 0 Å². The highest BCUT2D eigenvalue weighted by Crippen LogP contribution is 2.34. The van der Waals surface area contributed by atoms with Crippen molar-refractivity contribution in [2.24, 2.45) is 4.40 Å². The number of anilines is 1. The molecule has 0 bridgehead atoms. The van der Waals surface area contributed by atoms with Crippen LogP contribution in [-0.4, -0.2) is 45.4 Å². The van der Waals surface area contributed by atoms with Crippen molar-refractivity contribution in [2.45, 2.75) is 11.8 Å². The molecule has 35 heavy (non-hydrogen) atoms. The van der Waals surface area contributed by atoms with Gasteiger partial charge in [0.15, 0.2) is 5.84 Å². The quantitative estimate of drug-likeness (QED) is 0.276. The molecule has 11 heteroatoms. The van der Waals surface area contributed by atoms with Gasteiger partial charge >= 0.3 is 5.97 Å². The second kappa shape index (κ2) is 9.55. The Morgan fingerprint density at radius 1 is 1.09 bits per heavy atom. The molecule has 0 radical (unpaired) electrons. The summed E-state index contributed by atoms with van der Waals surface area (Å²) in [5.74, 6) is 0.00554. The molecule has 4 rings (SSSR count). The first-order chi connectivity index (χ1) is 16.7. The van der Waals surface area contributed by atoms with Gasteiger partial charge in [-0.05, 0) is 43.3 Å². The molecular formula is C24H21N3O7S. The Hall–Kier alpha value is -4.25. The van der Waals surface area contributed by atoms with Crippen LogP contribution in [0.3, 0.4) is 0 Å². The molecule has 0 aliphatic carbocycles. The second-order valence-corrected chi connectivity index (χ2v) is 9.18. The summed E-state index contributed by atoms with van der Waals surface area (Å²) in [5, 5.41) is 11.0. The minimum absolute atomic E-state index is 0.0702. The van der Waals surface area contributed by atoms with Crippen LogP contribution in [0.1, 0.15) is 21.5 Å². The number of sulfonamides is 1. The third-order valence-electron chi connectivity index (χ3n) is 5.42. The van der Waals surface area contributed by atoms with Crippen molar-refractivity contribution in [1.29, 1.82) is 0 Å². The Balaban J connectivity index is 1.61. The van der Waals surface area contributed by atoms with Crippen molar-refractivity contribution in [3.8, 4) is 5.75 Å². The van der Waals surface area contributed by atoms with Gasteiger partial charge in [-0.3, -0.25) is 10.1 Å². The minimum Gasteiger partial charge on any atom is -0.495 e. The number of benzene rings is 3. The Kier molecular flexibility index (Phi) is 6.52. The predicted molar refractivity (Wildman–Crippen MR) is 129 cm³/mol. The number of methoxy groups -OCH3 is 1. The molecule has 0 aromatic heterocycles. The zero-order valence-corrected chi connectivity index (χ0v) is 19.7. The molecule has 0 fully saturated rings. The number of carbonyl (C=O) groups is 1. The largest absolute Gasteiger partial charge is 0.495 e. The number of fused-ring (bicyclic) bond motifs is 1. The van der Waals surface area contributed by atoms with E-state index >= 15 is 0 Å². The number of aryl methyl sites for hydroxylation is 1. The van der Waals surface area contributed by atoms with Crippen LogP contribution >= 0.6 is 0 Å². The highest BCUT2D eigenvalue weighted by molar-refractivity contribution is 7.90. The van der Waals surface area contributed by atoms with E-state index in [4.69, 9.17) is 9.47 Å². The van der Waals surface area contributed by atoms with Gasteiger partial charge in [-0.1, -0.05) is 24.3 Å². The zero-order valence-electron chi connectivity index (χ0n) is 18.9. The van der Waals surface area contributed by atoms with E-state index in [2.05, 4.69) is 4.40 Å². The number of nitro benzene ring substituents is 1. The summed E-state index contributed by atoms with van der Waals surface area (Å²) in [5.41, 5.74) is 1.38. The molecule has 3 aromatic carbocycles. The maximum Gasteiger partial charge on any atom is 0.338 e. The molecule has 1 aliphatic rings. The number of esters is 1. The van der Waals surface area contributed by atoms with E-state index in [1.54, 1.807) is 47.4 Å². The van der Waals surface area contributed by atoms with Gasteiger partial charge in [0.25, 0.3) is 15.7 Å². The topological polar surface area (TPSA) is 128 Å². The number of hydrogen-bond donors (Lipinski definition) is 0. The molecule has 10 nitrogen and oxygen atoms in total. The Morgan fingerprint density at radius 2 is 1.80 bits per heavy atom. The van der Waals surface area contributed by atoms with Crippen LogP contribution in [-0.2, 0) is 14.8 Å². The molecule has 0 atom stereocenters. The van der Waals surface area contributed by atoms with E-state index in [1.807, 2.05) is 0 Å². The van der Waals surface area contributed by atoms with Crippen LogP contribution in [0.25, 0.3) is 0 Å². The van der Waals surface area contributed by atoms with Crippen LogP contribution in [0.5, 0.6) is 5.75 Å². The monoisotopic (exact) mass is 495 g/mol. The maximum atomic E-state index is 12.6. The van der Waals surface area contributed by atoms with E-state index < -0.39 is 20.9 Å². The van der Waals surface area contributed by atoms with Crippen molar-refractivity contribution in [3.63, 3.8) is 0 Å². The minimum atomic E-state index is -3.88. The van der Waals surface area contributed by atoms with Crippen molar-refractivity contribution in [2.75, 3.05) is 25.2 Å². The first-order valence-electron chi connectivity index (χ1n) is 10.5. The van der Waals surface area contributed by atoms with Crippen molar-refractivity contribution < 1.29 is 27.6 Å². The summed E-state index contributed by atoms with van der Waals surface area (Å²) >= 11 is 0. The first kappa shape index (κ1) is 23.9. The third-order valence-corrected chi connectivity index (χ3v) is 6.75. The number of nitrogens with zero attached hydrogens (tertiary/aromatic N) is 3. The average molecular weight is 496 g/mol. The van der Waals surface area contributed by atoms with Gasteiger partial charge in [-0.25, -0.2) is 4.79 Å². The van der Waals surface area contributed by atoms with E-state index in [-0.39, 0.29) is 35.1 Å². The van der Waals surface area contributed by atoms with Crippen LogP contribution in [0, 0.1) is 17.0 Å². The van der Waals surface area contributed by atoms with Gasteiger partial charge < -0.3 is 14.4 Å². The smallest absolute Gasteiger partial charge is 0.338 e. The second-order valence-electron chi connectivity index (χ2n) is 7.60. The summed E-state index contributed by atoms with van der Waals surface area (Å²) in [6.45, 7) is 1.49. The van der Waals surface area contributed by atoms with Gasteiger partial charge in [0.05, 0.1) is 29.8 Å². The number of hydrogen-bond acceptors (Lipinski definition) is 8. The molecule has 0 saturated carbocycles. The van der Waals surface area contributed by atoms with E-state index in [1.165, 1.54) is 38.3 Å². The number of ether oxygens (including phenoxy) is 2. The molecule has 0 spiro atoms. The third kappa shape index (κ3) is 4.71. The van der Waals surface area contributed by atoms with Gasteiger partial charge in [0, 0.05) is 17.2 Å². The maximum absolute atomic E-state index is 12.6. The van der Waals surface area contributed by atoms with Crippen LogP contribution in [0.4, 0.5) is 11.4 Å². The number of carbonyl (C=O) groups excluding carboxylic acids is 1. The fraction of sp³-hybridized carbons (Fsp3) is 0.167. The molecule has 0 amide bonds. The van der Waals surface area contributed by atoms with Gasteiger partial charge in [-0.2, -0.15) is 8.42 Å². The Bertz CT molecular complexity index is 1450. The first-order valence-corrected chi connectivity index (χ1v) is 11.9. The van der Waals surface area contributed by atoms with Crippen LogP contribution in [0.15, 0.2) is 76.0 Å². The van der Waals surface area contributed by atoms with Crippen molar-refractivity contribution >= 4 is 33.2 Å². The van der Waals surface area contributed by atoms with Gasteiger partial charge in [0.2, 0.25) is 0 Å². The zero-order chi connectivity index (χ0) is 25.2. The summed E-state index contributed by atoms with van der Waals surface area (Å²) < 4.78 is 40.2. The Morgan fingerprint density at radius 3 is 2.51 bits per heavy atom. The fourth-order valence-corrected chi connectivity index (χ4v) is 4.99. The van der Waals surface area contributed by atoms with E-state index in [0.717, 1.165) is 0 Å². The molecular weight excluding hydrogens is 474 g/mol. The Labute approximate surface area is 201 Å². The number of rotatable bonds is 7. The average Bonchev–Trinajstić information content (AvgIpc) is 3.12. The van der Waals surface area contributed by atoms with Crippen LogP contribution < -0.4 is 9.64 Å². The highest BCUT2D eigenvalue weighted by atomic mass is 32.2. The molecule has 1 aliphatic heterocycles. The standard InChI is InChI=1S/C24H21N3O7S/c1-16-15-17(11-12-19(16)27(29)30)24(28)34-14-13-26(20-8-4-5-9-21(20)33-2)23-18-7-3-6-10-22(18)35(31,32)25-23/h3-12,15H,13-14H2,1-2H3. The lowest BCUT2D eigenvalue weighted by molar-refractivity contribution is -0.385. The molecule has 180 valence electrons. The predicted octanol–water partition coefficient (Wildman–Crippen LogP) is 3.72. The number of nitro groups is 1. The van der Waals surface area contributed by atoms with Crippen molar-refractivity contribution in [3.05, 3.63) is 93.5 Å². The lowest BCUT2D eigenvalue weighted by Crippen LogP contribution is -2.34. The van der Waals surface area contributed by atoms with Gasteiger partial charge in [-0.15, -0.1) is 4.40 Å². The lowest BCUT2D eigenvalue weighted by Gasteiger charge is -2.26. The molecule has 0 N–H and O–H groups in total. The molecule has 3 aromatic rings. The molecule has 0 saturated heterocycles. The van der Waals surface area contributed by atoms with E-state index in [0.29, 0.717) is 22.6 Å². The lowest BCUT2D eigenvalue weighted by atomic mass is 10.1. The molecule has 1 heterocycles. The van der Waals surface area contributed by atoms with Gasteiger partial charge in [0.1, 0.15) is 17.3 Å². The molecule has 0 unspecified atom stereocenters. The van der Waals surface area contributed by atoms with E-state index in [9.17, 15) is 23.3 Å². The number of para-hydroxylation sites is 2. The normalized spacial score (nSPS) is 13.5. The summed E-state index contributed by atoms with van der Waals surface area (Å²) in [6.07, 6.45) is 0.